The monoisotopic (exact) mass is 305 g/mol. The number of halogens is 1. The second-order valence-electron chi connectivity index (χ2n) is 5.88. The topological polar surface area (TPSA) is 51.0 Å². The van der Waals surface area contributed by atoms with Crippen molar-refractivity contribution in [3.63, 3.8) is 0 Å². The minimum atomic E-state index is 0. The van der Waals surface area contributed by atoms with Crippen LogP contribution in [0.25, 0.3) is 0 Å². The van der Waals surface area contributed by atoms with Gasteiger partial charge >= 0.3 is 0 Å². The van der Waals surface area contributed by atoms with Gasteiger partial charge in [-0.1, -0.05) is 42.3 Å². The molecule has 4 nitrogen and oxygen atoms in total. The van der Waals surface area contributed by atoms with Crippen molar-refractivity contribution in [2.45, 2.75) is 50.6 Å². The molecule has 5 heteroatoms. The molecule has 0 bridgehead atoms. The quantitative estimate of drug-likeness (QED) is 0.922. The van der Waals surface area contributed by atoms with Crippen LogP contribution in [0.1, 0.15) is 60.5 Å². The van der Waals surface area contributed by atoms with Gasteiger partial charge in [0.1, 0.15) is 0 Å². The van der Waals surface area contributed by atoms with Gasteiger partial charge in [-0.15, -0.1) is 12.4 Å². The maximum absolute atomic E-state index is 5.51. The number of rotatable bonds is 2. The molecule has 21 heavy (non-hydrogen) atoms. The zero-order valence-electron chi connectivity index (χ0n) is 11.9. The molecule has 2 heterocycles. The number of aromatic nitrogens is 2. The van der Waals surface area contributed by atoms with Crippen molar-refractivity contribution in [1.82, 2.24) is 15.5 Å². The van der Waals surface area contributed by atoms with Crippen LogP contribution in [0.5, 0.6) is 0 Å². The number of nitrogens with zero attached hydrogens (tertiary/aromatic N) is 2. The Balaban J connectivity index is 0.00000132. The fourth-order valence-corrected chi connectivity index (χ4v) is 3.37. The van der Waals surface area contributed by atoms with Crippen LogP contribution in [-0.2, 0) is 13.0 Å². The number of fused-ring (bicyclic) bond motifs is 1. The number of nitrogens with one attached hydrogen (secondary N) is 1. The molecule has 4 rings (SSSR count). The summed E-state index contributed by atoms with van der Waals surface area (Å²) in [6.45, 7) is 0.877. The molecule has 1 N–H and O–H groups in total. The first-order chi connectivity index (χ1) is 9.90. The van der Waals surface area contributed by atoms with E-state index in [4.69, 9.17) is 4.52 Å². The van der Waals surface area contributed by atoms with Gasteiger partial charge in [-0.2, -0.15) is 4.98 Å². The van der Waals surface area contributed by atoms with Gasteiger partial charge in [0.05, 0.1) is 6.04 Å². The van der Waals surface area contributed by atoms with Gasteiger partial charge in [-0.25, -0.2) is 0 Å². The van der Waals surface area contributed by atoms with Crippen molar-refractivity contribution >= 4 is 12.4 Å². The Labute approximate surface area is 130 Å². The molecule has 1 aromatic heterocycles. The standard InChI is InChI=1S/C16H19N3O.ClH/c1-2-6-11(5-1)15-18-16(20-19-15)14-9-12-7-3-4-8-13(12)10-17-14;/h3-4,7-8,11,14,17H,1-2,5-6,9-10H2;1H/t14-;/m1./s1. The van der Waals surface area contributed by atoms with Crippen molar-refractivity contribution < 1.29 is 4.52 Å². The summed E-state index contributed by atoms with van der Waals surface area (Å²) in [7, 11) is 0. The summed E-state index contributed by atoms with van der Waals surface area (Å²) < 4.78 is 5.51. The third-order valence-corrected chi connectivity index (χ3v) is 4.56. The first kappa shape index (κ1) is 14.5. The molecule has 0 saturated heterocycles. The van der Waals surface area contributed by atoms with Gasteiger partial charge in [0, 0.05) is 12.5 Å². The molecule has 1 fully saturated rings. The van der Waals surface area contributed by atoms with Crippen LogP contribution < -0.4 is 5.32 Å². The number of hydrogen-bond donors (Lipinski definition) is 1. The predicted octanol–water partition coefficient (Wildman–Crippen LogP) is 3.54. The van der Waals surface area contributed by atoms with Gasteiger partial charge in [0.2, 0.25) is 5.89 Å². The van der Waals surface area contributed by atoms with Crippen LogP contribution in [0.15, 0.2) is 28.8 Å². The SMILES string of the molecule is Cl.c1ccc2c(c1)CN[C@@H](c1nc(C3CCCC3)no1)C2. The molecule has 112 valence electrons. The fraction of sp³-hybridized carbons (Fsp3) is 0.500. The highest BCUT2D eigenvalue weighted by atomic mass is 35.5. The van der Waals surface area contributed by atoms with Gasteiger partial charge < -0.3 is 9.84 Å². The van der Waals surface area contributed by atoms with Gasteiger partial charge in [-0.3, -0.25) is 0 Å². The predicted molar refractivity (Wildman–Crippen MR) is 82.5 cm³/mol. The van der Waals surface area contributed by atoms with Crippen molar-refractivity contribution in [1.29, 1.82) is 0 Å². The van der Waals surface area contributed by atoms with Crippen LogP contribution >= 0.6 is 12.4 Å². The zero-order chi connectivity index (χ0) is 13.4. The molecule has 1 aliphatic heterocycles. The third-order valence-electron chi connectivity index (χ3n) is 4.56. The molecule has 1 atom stereocenters. The molecule has 1 aliphatic carbocycles. The average molecular weight is 306 g/mol. The summed E-state index contributed by atoms with van der Waals surface area (Å²) in [5.41, 5.74) is 2.76. The molecule has 1 saturated carbocycles. The molecule has 1 aromatic carbocycles. The van der Waals surface area contributed by atoms with E-state index >= 15 is 0 Å². The lowest BCUT2D eigenvalue weighted by atomic mass is 9.96. The number of hydrogen-bond acceptors (Lipinski definition) is 4. The normalized spacial score (nSPS) is 21.8. The zero-order valence-corrected chi connectivity index (χ0v) is 12.7. The molecule has 0 amide bonds. The summed E-state index contributed by atoms with van der Waals surface area (Å²) in [6.07, 6.45) is 5.94. The lowest BCUT2D eigenvalue weighted by molar-refractivity contribution is 0.317. The minimum absolute atomic E-state index is 0. The molecule has 0 radical (unpaired) electrons. The van der Waals surface area contributed by atoms with E-state index < -0.39 is 0 Å². The smallest absolute Gasteiger partial charge is 0.244 e. The Morgan fingerprint density at radius 2 is 1.86 bits per heavy atom. The van der Waals surface area contributed by atoms with Crippen LogP contribution in [0, 0.1) is 0 Å². The maximum atomic E-state index is 5.51. The van der Waals surface area contributed by atoms with E-state index in [0.717, 1.165) is 24.7 Å². The van der Waals surface area contributed by atoms with Crippen molar-refractivity contribution in [3.8, 4) is 0 Å². The van der Waals surface area contributed by atoms with E-state index in [-0.39, 0.29) is 18.4 Å². The maximum Gasteiger partial charge on any atom is 0.244 e. The van der Waals surface area contributed by atoms with Gasteiger partial charge in [0.25, 0.3) is 0 Å². The number of benzene rings is 1. The minimum Gasteiger partial charge on any atom is -0.338 e. The Morgan fingerprint density at radius 3 is 2.67 bits per heavy atom. The van der Waals surface area contributed by atoms with E-state index in [1.165, 1.54) is 36.8 Å². The molecule has 2 aliphatic rings. The van der Waals surface area contributed by atoms with E-state index in [2.05, 4.69) is 39.7 Å². The highest BCUT2D eigenvalue weighted by Gasteiger charge is 2.27. The van der Waals surface area contributed by atoms with Crippen molar-refractivity contribution in [2.75, 3.05) is 0 Å². The Morgan fingerprint density at radius 1 is 1.10 bits per heavy atom. The largest absolute Gasteiger partial charge is 0.338 e. The van der Waals surface area contributed by atoms with E-state index in [1.807, 2.05) is 0 Å². The van der Waals surface area contributed by atoms with Crippen molar-refractivity contribution in [2.24, 2.45) is 0 Å². The molecule has 0 unspecified atom stereocenters. The highest BCUT2D eigenvalue weighted by Crippen LogP contribution is 2.33. The van der Waals surface area contributed by atoms with E-state index in [1.54, 1.807) is 0 Å². The summed E-state index contributed by atoms with van der Waals surface area (Å²) in [6, 6.07) is 8.71. The molecule has 2 aromatic rings. The lowest BCUT2D eigenvalue weighted by Crippen LogP contribution is -2.28. The van der Waals surface area contributed by atoms with E-state index in [9.17, 15) is 0 Å². The Hall–Kier alpha value is -1.39. The Bertz CT molecular complexity index is 607. The summed E-state index contributed by atoms with van der Waals surface area (Å²) in [5, 5.41) is 7.70. The van der Waals surface area contributed by atoms with E-state index in [0.29, 0.717) is 5.92 Å². The van der Waals surface area contributed by atoms with Gasteiger partial charge in [0.15, 0.2) is 5.82 Å². The second-order valence-corrected chi connectivity index (χ2v) is 5.88. The molecular weight excluding hydrogens is 286 g/mol. The third kappa shape index (κ3) is 2.83. The first-order valence-corrected chi connectivity index (χ1v) is 7.54. The van der Waals surface area contributed by atoms with Crippen molar-refractivity contribution in [3.05, 3.63) is 47.1 Å². The second kappa shape index (κ2) is 6.16. The summed E-state index contributed by atoms with van der Waals surface area (Å²) in [4.78, 5) is 4.65. The van der Waals surface area contributed by atoms with Crippen LogP contribution in [0.4, 0.5) is 0 Å². The van der Waals surface area contributed by atoms with Crippen LogP contribution in [-0.4, -0.2) is 10.1 Å². The highest BCUT2D eigenvalue weighted by molar-refractivity contribution is 5.85. The molecular formula is C16H20ClN3O. The Kier molecular flexibility index (Phi) is 4.27. The average Bonchev–Trinajstić information content (AvgIpc) is 3.17. The lowest BCUT2D eigenvalue weighted by Gasteiger charge is -2.23. The van der Waals surface area contributed by atoms with Gasteiger partial charge in [-0.05, 0) is 30.4 Å². The fourth-order valence-electron chi connectivity index (χ4n) is 3.37. The summed E-state index contributed by atoms with van der Waals surface area (Å²) >= 11 is 0. The first-order valence-electron chi connectivity index (χ1n) is 7.54. The van der Waals surface area contributed by atoms with Crippen LogP contribution in [0.3, 0.4) is 0 Å². The molecule has 0 spiro atoms. The van der Waals surface area contributed by atoms with Crippen LogP contribution in [0.2, 0.25) is 0 Å². The summed E-state index contributed by atoms with van der Waals surface area (Å²) in [5.74, 6) is 2.18.